The van der Waals surface area contributed by atoms with Gasteiger partial charge in [-0.05, 0) is 47.8 Å². The van der Waals surface area contributed by atoms with Crippen molar-refractivity contribution >= 4 is 37.4 Å². The van der Waals surface area contributed by atoms with E-state index in [1.54, 1.807) is 6.92 Å². The van der Waals surface area contributed by atoms with E-state index >= 15 is 0 Å². The van der Waals surface area contributed by atoms with Crippen LogP contribution in [0.5, 0.6) is 0 Å². The molecule has 1 saturated heterocycles. The molecule has 0 unspecified atom stereocenters. The van der Waals surface area contributed by atoms with E-state index in [0.29, 0.717) is 0 Å². The number of benzene rings is 1. The first-order valence-electron chi connectivity index (χ1n) is 6.79. The molecule has 0 aromatic heterocycles. The number of esters is 1. The van der Waals surface area contributed by atoms with Gasteiger partial charge in [0.25, 0.3) is 0 Å². The van der Waals surface area contributed by atoms with Gasteiger partial charge in [0.1, 0.15) is 5.54 Å². The molecule has 0 atom stereocenters. The Labute approximate surface area is 133 Å². The summed E-state index contributed by atoms with van der Waals surface area (Å²) < 4.78 is 29.3. The molecule has 0 amide bonds. The van der Waals surface area contributed by atoms with Gasteiger partial charge < -0.3 is 10.1 Å². The van der Waals surface area contributed by atoms with Crippen molar-refractivity contribution in [3.8, 4) is 0 Å². The second-order valence-corrected chi connectivity index (χ2v) is 8.22. The van der Waals surface area contributed by atoms with Crippen LogP contribution in [0.2, 0.25) is 0 Å². The summed E-state index contributed by atoms with van der Waals surface area (Å²) in [4.78, 5) is 12.4. The first-order chi connectivity index (χ1) is 9.88. The van der Waals surface area contributed by atoms with Crippen molar-refractivity contribution in [3.05, 3.63) is 28.7 Å². The minimum Gasteiger partial charge on any atom is -0.464 e. The third-order valence-electron chi connectivity index (χ3n) is 3.59. The molecule has 1 fully saturated rings. The maximum atomic E-state index is 12.4. The zero-order valence-electron chi connectivity index (χ0n) is 11.8. The Morgan fingerprint density at radius 2 is 1.95 bits per heavy atom. The van der Waals surface area contributed by atoms with Gasteiger partial charge in [0.05, 0.1) is 18.1 Å². The molecule has 0 aliphatic carbocycles. The fourth-order valence-electron chi connectivity index (χ4n) is 2.36. The van der Waals surface area contributed by atoms with E-state index in [2.05, 4.69) is 21.2 Å². The molecule has 7 heteroatoms. The van der Waals surface area contributed by atoms with Crippen LogP contribution in [0.3, 0.4) is 0 Å². The maximum absolute atomic E-state index is 12.4. The van der Waals surface area contributed by atoms with Crippen molar-refractivity contribution in [2.45, 2.75) is 25.3 Å². The molecular weight excluding hydrogens is 358 g/mol. The number of nitrogens with one attached hydrogen (secondary N) is 1. The van der Waals surface area contributed by atoms with Crippen LogP contribution in [0.4, 0.5) is 5.69 Å². The topological polar surface area (TPSA) is 72.5 Å². The molecular formula is C14H18BrNO4S. The normalized spacial score (nSPS) is 19.7. The van der Waals surface area contributed by atoms with Crippen molar-refractivity contribution in [1.82, 2.24) is 0 Å². The number of ether oxygens (including phenoxy) is 1. The van der Waals surface area contributed by atoms with Gasteiger partial charge in [-0.3, -0.25) is 0 Å². The number of carbonyl (C=O) groups excluding carboxylic acids is 1. The third kappa shape index (κ3) is 3.77. The Balaban J connectivity index is 2.29. The lowest BCUT2D eigenvalue weighted by atomic mass is 9.91. The van der Waals surface area contributed by atoms with E-state index in [0.717, 1.165) is 10.2 Å². The van der Waals surface area contributed by atoms with Gasteiger partial charge in [-0.2, -0.15) is 0 Å². The van der Waals surface area contributed by atoms with Gasteiger partial charge in [-0.1, -0.05) is 12.1 Å². The van der Waals surface area contributed by atoms with E-state index in [9.17, 15) is 13.2 Å². The highest BCUT2D eigenvalue weighted by atomic mass is 79.9. The van der Waals surface area contributed by atoms with E-state index in [-0.39, 0.29) is 31.0 Å². The first kappa shape index (κ1) is 16.3. The van der Waals surface area contributed by atoms with Crippen molar-refractivity contribution in [2.24, 2.45) is 0 Å². The lowest BCUT2D eigenvalue weighted by molar-refractivity contribution is -0.148. The fourth-order valence-corrected chi connectivity index (χ4v) is 4.26. The second kappa shape index (κ2) is 6.36. The van der Waals surface area contributed by atoms with E-state index in [1.807, 2.05) is 24.3 Å². The van der Waals surface area contributed by atoms with Crippen LogP contribution in [-0.4, -0.2) is 38.0 Å². The van der Waals surface area contributed by atoms with Crippen molar-refractivity contribution in [1.29, 1.82) is 0 Å². The molecule has 2 rings (SSSR count). The summed E-state index contributed by atoms with van der Waals surface area (Å²) in [5, 5.41) is 3.20. The minimum absolute atomic E-state index is 0.0106. The SMILES string of the molecule is CCOC(=O)C1(Nc2ccccc2Br)CCS(=O)(=O)CC1. The summed E-state index contributed by atoms with van der Waals surface area (Å²) in [6.07, 6.45) is 0.436. The van der Waals surface area contributed by atoms with Crippen molar-refractivity contribution in [2.75, 3.05) is 23.4 Å². The Morgan fingerprint density at radius 3 is 2.52 bits per heavy atom. The lowest BCUT2D eigenvalue weighted by Crippen LogP contribution is -2.52. The average molecular weight is 376 g/mol. The molecule has 1 heterocycles. The van der Waals surface area contributed by atoms with Gasteiger partial charge in [0.15, 0.2) is 9.84 Å². The summed E-state index contributed by atoms with van der Waals surface area (Å²) in [6.45, 7) is 2.01. The predicted octanol–water partition coefficient (Wildman–Crippen LogP) is 2.37. The monoisotopic (exact) mass is 375 g/mol. The summed E-state index contributed by atoms with van der Waals surface area (Å²) in [6, 6.07) is 7.43. The Morgan fingerprint density at radius 1 is 1.33 bits per heavy atom. The zero-order valence-corrected chi connectivity index (χ0v) is 14.2. The van der Waals surface area contributed by atoms with Gasteiger partial charge >= 0.3 is 5.97 Å². The fraction of sp³-hybridized carbons (Fsp3) is 0.500. The molecule has 0 spiro atoms. The number of halogens is 1. The molecule has 0 bridgehead atoms. The average Bonchev–Trinajstić information content (AvgIpc) is 2.44. The van der Waals surface area contributed by atoms with Crippen molar-refractivity contribution < 1.29 is 17.9 Å². The molecule has 1 aromatic rings. The van der Waals surface area contributed by atoms with Crippen LogP contribution in [-0.2, 0) is 19.4 Å². The highest BCUT2D eigenvalue weighted by Gasteiger charge is 2.45. The van der Waals surface area contributed by atoms with E-state index < -0.39 is 21.3 Å². The van der Waals surface area contributed by atoms with Gasteiger partial charge in [-0.25, -0.2) is 13.2 Å². The summed E-state index contributed by atoms with van der Waals surface area (Å²) in [5.41, 5.74) is -0.226. The quantitative estimate of drug-likeness (QED) is 0.817. The van der Waals surface area contributed by atoms with E-state index in [1.165, 1.54) is 0 Å². The second-order valence-electron chi connectivity index (χ2n) is 5.06. The standard InChI is InChI=1S/C14H18BrNO4S/c1-2-20-13(17)14(7-9-21(18,19)10-8-14)16-12-6-4-3-5-11(12)15/h3-6,16H,2,7-10H2,1H3. The highest BCUT2D eigenvalue weighted by molar-refractivity contribution is 9.10. The number of hydrogen-bond donors (Lipinski definition) is 1. The maximum Gasteiger partial charge on any atom is 0.331 e. The molecule has 0 radical (unpaired) electrons. The highest BCUT2D eigenvalue weighted by Crippen LogP contribution is 2.32. The molecule has 1 aliphatic rings. The largest absolute Gasteiger partial charge is 0.464 e. The number of hydrogen-bond acceptors (Lipinski definition) is 5. The third-order valence-corrected chi connectivity index (χ3v) is 5.94. The molecule has 0 saturated carbocycles. The Bertz CT molecular complexity index is 616. The molecule has 1 aromatic carbocycles. The van der Waals surface area contributed by atoms with Gasteiger partial charge in [-0.15, -0.1) is 0 Å². The van der Waals surface area contributed by atoms with Crippen LogP contribution in [0.25, 0.3) is 0 Å². The number of para-hydroxylation sites is 1. The summed E-state index contributed by atoms with van der Waals surface area (Å²) in [5.74, 6) is -0.414. The number of sulfone groups is 1. The number of anilines is 1. The molecule has 5 nitrogen and oxygen atoms in total. The smallest absolute Gasteiger partial charge is 0.331 e. The molecule has 21 heavy (non-hydrogen) atoms. The van der Waals surface area contributed by atoms with Crippen LogP contribution >= 0.6 is 15.9 Å². The van der Waals surface area contributed by atoms with E-state index in [4.69, 9.17) is 4.74 Å². The first-order valence-corrected chi connectivity index (χ1v) is 9.40. The Hall–Kier alpha value is -1.08. The molecule has 116 valence electrons. The van der Waals surface area contributed by atoms with Crippen LogP contribution in [0.15, 0.2) is 28.7 Å². The minimum atomic E-state index is -3.06. The zero-order chi connectivity index (χ0) is 15.5. The molecule has 1 N–H and O–H groups in total. The number of carbonyl (C=O) groups is 1. The predicted molar refractivity (Wildman–Crippen MR) is 85.0 cm³/mol. The van der Waals surface area contributed by atoms with Crippen molar-refractivity contribution in [3.63, 3.8) is 0 Å². The van der Waals surface area contributed by atoms with Gasteiger partial charge in [0, 0.05) is 10.2 Å². The number of rotatable bonds is 4. The lowest BCUT2D eigenvalue weighted by Gasteiger charge is -2.36. The van der Waals surface area contributed by atoms with Crippen LogP contribution in [0, 0.1) is 0 Å². The Kier molecular flexibility index (Phi) is 4.93. The van der Waals surface area contributed by atoms with Gasteiger partial charge in [0.2, 0.25) is 0 Å². The summed E-state index contributed by atoms with van der Waals surface area (Å²) >= 11 is 3.42. The van der Waals surface area contributed by atoms with Crippen LogP contribution in [0.1, 0.15) is 19.8 Å². The van der Waals surface area contributed by atoms with Crippen LogP contribution < -0.4 is 5.32 Å². The molecule has 1 aliphatic heterocycles. The summed E-state index contributed by atoms with van der Waals surface area (Å²) in [7, 11) is -3.06.